The summed E-state index contributed by atoms with van der Waals surface area (Å²) in [7, 11) is 0. The van der Waals surface area contributed by atoms with Crippen LogP contribution < -0.4 is 10.6 Å². The standard InChI is InChI=1S/C21H19N5O/c1-14-8-10-17(11-9-14)22-19-13-18(16-6-4-3-5-7-16)23-21(24-19)25-20-12-15(2)27-26-20/h3-13H,1-2H3,(H2,22,23,24,25,26). The Morgan fingerprint density at radius 3 is 2.26 bits per heavy atom. The molecule has 2 N–H and O–H groups in total. The molecule has 0 fully saturated rings. The molecule has 6 heteroatoms. The highest BCUT2D eigenvalue weighted by Gasteiger charge is 2.09. The molecule has 0 radical (unpaired) electrons. The molecule has 2 aromatic carbocycles. The Bertz CT molecular complexity index is 1040. The first-order chi connectivity index (χ1) is 13.2. The van der Waals surface area contributed by atoms with Crippen LogP contribution in [-0.2, 0) is 0 Å². The Hall–Kier alpha value is -3.67. The van der Waals surface area contributed by atoms with Crippen molar-refractivity contribution in [3.8, 4) is 11.3 Å². The summed E-state index contributed by atoms with van der Waals surface area (Å²) < 4.78 is 5.10. The first-order valence-corrected chi connectivity index (χ1v) is 8.64. The van der Waals surface area contributed by atoms with Crippen LogP contribution in [-0.4, -0.2) is 15.1 Å². The Balaban J connectivity index is 1.70. The fraction of sp³-hybridized carbons (Fsp3) is 0.0952. The van der Waals surface area contributed by atoms with E-state index in [1.807, 2.05) is 55.5 Å². The average molecular weight is 357 g/mol. The van der Waals surface area contributed by atoms with Gasteiger partial charge in [0.1, 0.15) is 11.6 Å². The number of nitrogens with one attached hydrogen (secondary N) is 2. The summed E-state index contributed by atoms with van der Waals surface area (Å²) in [6, 6.07) is 21.9. The third kappa shape index (κ3) is 4.12. The van der Waals surface area contributed by atoms with Gasteiger partial charge in [-0.2, -0.15) is 4.98 Å². The van der Waals surface area contributed by atoms with Crippen LogP contribution in [0.2, 0.25) is 0 Å². The molecule has 134 valence electrons. The summed E-state index contributed by atoms with van der Waals surface area (Å²) in [4.78, 5) is 9.19. The Morgan fingerprint density at radius 2 is 1.56 bits per heavy atom. The van der Waals surface area contributed by atoms with Crippen molar-refractivity contribution in [1.82, 2.24) is 15.1 Å². The molecule has 27 heavy (non-hydrogen) atoms. The largest absolute Gasteiger partial charge is 0.360 e. The average Bonchev–Trinajstić information content (AvgIpc) is 3.09. The van der Waals surface area contributed by atoms with Crippen molar-refractivity contribution < 1.29 is 4.52 Å². The van der Waals surface area contributed by atoms with E-state index in [1.54, 1.807) is 6.07 Å². The van der Waals surface area contributed by atoms with Crippen molar-refractivity contribution in [3.63, 3.8) is 0 Å². The monoisotopic (exact) mass is 357 g/mol. The van der Waals surface area contributed by atoms with E-state index in [4.69, 9.17) is 4.52 Å². The van der Waals surface area contributed by atoms with E-state index < -0.39 is 0 Å². The molecule has 0 aliphatic rings. The van der Waals surface area contributed by atoms with E-state index in [0.717, 1.165) is 22.7 Å². The zero-order valence-electron chi connectivity index (χ0n) is 15.1. The Kier molecular flexibility index (Phi) is 4.53. The molecular formula is C21H19N5O. The van der Waals surface area contributed by atoms with Gasteiger partial charge in [-0.15, -0.1) is 0 Å². The van der Waals surface area contributed by atoms with Crippen LogP contribution >= 0.6 is 0 Å². The molecule has 2 aromatic heterocycles. The van der Waals surface area contributed by atoms with Crippen LogP contribution in [0.4, 0.5) is 23.3 Å². The van der Waals surface area contributed by atoms with Crippen molar-refractivity contribution in [2.75, 3.05) is 10.6 Å². The molecular weight excluding hydrogens is 338 g/mol. The summed E-state index contributed by atoms with van der Waals surface area (Å²) in [6.07, 6.45) is 0. The minimum Gasteiger partial charge on any atom is -0.360 e. The van der Waals surface area contributed by atoms with Gasteiger partial charge >= 0.3 is 0 Å². The lowest BCUT2D eigenvalue weighted by atomic mass is 10.1. The first-order valence-electron chi connectivity index (χ1n) is 8.64. The number of anilines is 4. The summed E-state index contributed by atoms with van der Waals surface area (Å²) >= 11 is 0. The third-order valence-corrected chi connectivity index (χ3v) is 3.99. The quantitative estimate of drug-likeness (QED) is 0.509. The van der Waals surface area contributed by atoms with Gasteiger partial charge in [-0.3, -0.25) is 0 Å². The number of hydrogen-bond acceptors (Lipinski definition) is 6. The number of nitrogens with zero attached hydrogens (tertiary/aromatic N) is 3. The lowest BCUT2D eigenvalue weighted by molar-refractivity contribution is 0.400. The van der Waals surface area contributed by atoms with Crippen molar-refractivity contribution >= 4 is 23.3 Å². The molecule has 2 heterocycles. The van der Waals surface area contributed by atoms with Crippen LogP contribution in [0.1, 0.15) is 11.3 Å². The van der Waals surface area contributed by atoms with Crippen LogP contribution in [0.25, 0.3) is 11.3 Å². The molecule has 0 saturated heterocycles. The molecule has 4 aromatic rings. The van der Waals surface area contributed by atoms with E-state index >= 15 is 0 Å². The summed E-state index contributed by atoms with van der Waals surface area (Å²) in [5, 5.41) is 10.4. The Labute approximate surface area is 157 Å². The molecule has 0 saturated carbocycles. The number of rotatable bonds is 5. The second kappa shape index (κ2) is 7.29. The second-order valence-corrected chi connectivity index (χ2v) is 6.27. The van der Waals surface area contributed by atoms with Gasteiger partial charge in [0.15, 0.2) is 5.82 Å². The van der Waals surface area contributed by atoms with Gasteiger partial charge in [-0.05, 0) is 26.0 Å². The van der Waals surface area contributed by atoms with E-state index in [1.165, 1.54) is 5.56 Å². The maximum atomic E-state index is 5.10. The molecule has 0 unspecified atom stereocenters. The van der Waals surface area contributed by atoms with Gasteiger partial charge < -0.3 is 15.2 Å². The predicted octanol–water partition coefficient (Wildman–Crippen LogP) is 5.24. The first kappa shape index (κ1) is 16.8. The minimum absolute atomic E-state index is 0.444. The fourth-order valence-corrected chi connectivity index (χ4v) is 2.65. The van der Waals surface area contributed by atoms with Gasteiger partial charge in [-0.1, -0.05) is 53.2 Å². The van der Waals surface area contributed by atoms with Crippen molar-refractivity contribution in [3.05, 3.63) is 78.1 Å². The summed E-state index contributed by atoms with van der Waals surface area (Å²) in [5.74, 6) is 2.42. The highest BCUT2D eigenvalue weighted by molar-refractivity contribution is 5.68. The van der Waals surface area contributed by atoms with E-state index in [2.05, 4.69) is 44.8 Å². The van der Waals surface area contributed by atoms with E-state index in [-0.39, 0.29) is 0 Å². The van der Waals surface area contributed by atoms with Gasteiger partial charge in [0.2, 0.25) is 5.95 Å². The zero-order valence-corrected chi connectivity index (χ0v) is 15.1. The normalized spacial score (nSPS) is 10.6. The predicted molar refractivity (Wildman–Crippen MR) is 106 cm³/mol. The number of aryl methyl sites for hydroxylation is 2. The third-order valence-electron chi connectivity index (χ3n) is 3.99. The SMILES string of the molecule is Cc1ccc(Nc2cc(-c3ccccc3)nc(Nc3cc(C)on3)n2)cc1. The lowest BCUT2D eigenvalue weighted by Gasteiger charge is -2.11. The molecule has 0 amide bonds. The molecule has 4 rings (SSSR count). The maximum absolute atomic E-state index is 5.10. The van der Waals surface area contributed by atoms with Gasteiger partial charge in [-0.25, -0.2) is 4.98 Å². The summed E-state index contributed by atoms with van der Waals surface area (Å²) in [5.41, 5.74) is 3.98. The Morgan fingerprint density at radius 1 is 0.778 bits per heavy atom. The molecule has 0 aliphatic carbocycles. The van der Waals surface area contributed by atoms with Crippen LogP contribution in [0.5, 0.6) is 0 Å². The van der Waals surface area contributed by atoms with Gasteiger partial charge in [0, 0.05) is 23.4 Å². The maximum Gasteiger partial charge on any atom is 0.231 e. The highest BCUT2D eigenvalue weighted by atomic mass is 16.5. The zero-order chi connectivity index (χ0) is 18.6. The van der Waals surface area contributed by atoms with Gasteiger partial charge in [0.25, 0.3) is 0 Å². The van der Waals surface area contributed by atoms with E-state index in [9.17, 15) is 0 Å². The smallest absolute Gasteiger partial charge is 0.231 e. The van der Waals surface area contributed by atoms with Crippen LogP contribution in [0.15, 0.2) is 71.3 Å². The molecule has 0 spiro atoms. The number of aromatic nitrogens is 3. The lowest BCUT2D eigenvalue weighted by Crippen LogP contribution is -2.02. The highest BCUT2D eigenvalue weighted by Crippen LogP contribution is 2.25. The fourth-order valence-electron chi connectivity index (χ4n) is 2.65. The van der Waals surface area contributed by atoms with Crippen LogP contribution in [0.3, 0.4) is 0 Å². The van der Waals surface area contributed by atoms with Crippen molar-refractivity contribution in [1.29, 1.82) is 0 Å². The molecule has 0 bridgehead atoms. The second-order valence-electron chi connectivity index (χ2n) is 6.27. The molecule has 0 aliphatic heterocycles. The van der Waals surface area contributed by atoms with Gasteiger partial charge in [0.05, 0.1) is 5.69 Å². The topological polar surface area (TPSA) is 75.9 Å². The van der Waals surface area contributed by atoms with Crippen LogP contribution in [0, 0.1) is 13.8 Å². The molecule has 0 atom stereocenters. The minimum atomic E-state index is 0.444. The summed E-state index contributed by atoms with van der Waals surface area (Å²) in [6.45, 7) is 3.90. The van der Waals surface area contributed by atoms with Crippen molar-refractivity contribution in [2.45, 2.75) is 13.8 Å². The van der Waals surface area contributed by atoms with E-state index in [0.29, 0.717) is 17.6 Å². The van der Waals surface area contributed by atoms with Crippen molar-refractivity contribution in [2.24, 2.45) is 0 Å². The molecule has 6 nitrogen and oxygen atoms in total. The number of hydrogen-bond donors (Lipinski definition) is 2. The number of benzene rings is 2.